The number of aryl methyl sites for hydroxylation is 1. The summed E-state index contributed by atoms with van der Waals surface area (Å²) in [6.45, 7) is 2.43. The molecule has 0 radical (unpaired) electrons. The molecular formula is C14H18O3. The van der Waals surface area contributed by atoms with Crippen molar-refractivity contribution in [2.75, 3.05) is 13.2 Å². The molecule has 0 saturated heterocycles. The number of esters is 1. The van der Waals surface area contributed by atoms with Gasteiger partial charge in [-0.05, 0) is 55.4 Å². The lowest BCUT2D eigenvalue weighted by Gasteiger charge is -2.23. The molecule has 0 bridgehead atoms. The molecule has 0 heterocycles. The summed E-state index contributed by atoms with van der Waals surface area (Å²) in [5, 5.41) is 9.19. The molecule has 1 aromatic rings. The van der Waals surface area contributed by atoms with Crippen molar-refractivity contribution in [1.82, 2.24) is 0 Å². The fourth-order valence-corrected chi connectivity index (χ4v) is 2.33. The molecule has 1 N–H and O–H groups in total. The van der Waals surface area contributed by atoms with Gasteiger partial charge in [-0.25, -0.2) is 4.79 Å². The van der Waals surface area contributed by atoms with Crippen LogP contribution in [0.3, 0.4) is 0 Å². The predicted molar refractivity (Wildman–Crippen MR) is 65.0 cm³/mol. The van der Waals surface area contributed by atoms with Crippen LogP contribution in [0.5, 0.6) is 0 Å². The van der Waals surface area contributed by atoms with Crippen molar-refractivity contribution in [2.45, 2.75) is 26.2 Å². The van der Waals surface area contributed by atoms with Crippen molar-refractivity contribution in [3.63, 3.8) is 0 Å². The molecule has 0 fully saturated rings. The van der Waals surface area contributed by atoms with Gasteiger partial charge in [-0.15, -0.1) is 0 Å². The largest absolute Gasteiger partial charge is 0.462 e. The summed E-state index contributed by atoms with van der Waals surface area (Å²) in [6, 6.07) is 5.75. The monoisotopic (exact) mass is 234 g/mol. The van der Waals surface area contributed by atoms with Gasteiger partial charge < -0.3 is 9.84 Å². The minimum absolute atomic E-state index is 0.225. The fourth-order valence-electron chi connectivity index (χ4n) is 2.33. The number of aliphatic hydroxyl groups is 1. The normalized spacial score (nSPS) is 18.6. The SMILES string of the molecule is CCOC(=O)c1ccc2c(c1)C[C@@H](CO)CC2. The first kappa shape index (κ1) is 12.1. The quantitative estimate of drug-likeness (QED) is 0.813. The van der Waals surface area contributed by atoms with Gasteiger partial charge in [0.2, 0.25) is 0 Å². The van der Waals surface area contributed by atoms with Crippen molar-refractivity contribution in [2.24, 2.45) is 5.92 Å². The Morgan fingerprint density at radius 2 is 2.29 bits per heavy atom. The molecule has 2 rings (SSSR count). The number of benzene rings is 1. The third-order valence-corrected chi connectivity index (χ3v) is 3.31. The average Bonchev–Trinajstić information content (AvgIpc) is 2.37. The zero-order valence-electron chi connectivity index (χ0n) is 10.1. The Morgan fingerprint density at radius 1 is 1.47 bits per heavy atom. The van der Waals surface area contributed by atoms with Gasteiger partial charge in [0.25, 0.3) is 0 Å². The number of aliphatic hydroxyl groups excluding tert-OH is 1. The van der Waals surface area contributed by atoms with Crippen LogP contribution in [-0.2, 0) is 17.6 Å². The van der Waals surface area contributed by atoms with E-state index in [9.17, 15) is 9.90 Å². The first-order valence-corrected chi connectivity index (χ1v) is 6.14. The molecular weight excluding hydrogens is 216 g/mol. The highest BCUT2D eigenvalue weighted by atomic mass is 16.5. The third-order valence-electron chi connectivity index (χ3n) is 3.31. The molecule has 1 aromatic carbocycles. The van der Waals surface area contributed by atoms with Crippen molar-refractivity contribution >= 4 is 5.97 Å². The van der Waals surface area contributed by atoms with Gasteiger partial charge in [0.05, 0.1) is 12.2 Å². The highest BCUT2D eigenvalue weighted by Gasteiger charge is 2.19. The molecule has 17 heavy (non-hydrogen) atoms. The maximum Gasteiger partial charge on any atom is 0.338 e. The summed E-state index contributed by atoms with van der Waals surface area (Å²) in [7, 11) is 0. The molecule has 3 heteroatoms. The van der Waals surface area contributed by atoms with E-state index in [0.29, 0.717) is 18.1 Å². The molecule has 1 aliphatic carbocycles. The van der Waals surface area contributed by atoms with Crippen molar-refractivity contribution in [1.29, 1.82) is 0 Å². The molecule has 3 nitrogen and oxygen atoms in total. The van der Waals surface area contributed by atoms with E-state index in [1.54, 1.807) is 6.92 Å². The van der Waals surface area contributed by atoms with Crippen molar-refractivity contribution in [3.05, 3.63) is 34.9 Å². The molecule has 0 amide bonds. The van der Waals surface area contributed by atoms with Gasteiger partial charge in [0, 0.05) is 6.61 Å². The highest BCUT2D eigenvalue weighted by molar-refractivity contribution is 5.89. The topological polar surface area (TPSA) is 46.5 Å². The summed E-state index contributed by atoms with van der Waals surface area (Å²) in [4.78, 5) is 11.6. The molecule has 92 valence electrons. The molecule has 1 atom stereocenters. The number of ether oxygens (including phenoxy) is 1. The molecule has 0 spiro atoms. The van der Waals surface area contributed by atoms with Crippen LogP contribution in [0.15, 0.2) is 18.2 Å². The lowest BCUT2D eigenvalue weighted by Crippen LogP contribution is -2.18. The van der Waals surface area contributed by atoms with E-state index in [0.717, 1.165) is 19.3 Å². The van der Waals surface area contributed by atoms with E-state index in [1.165, 1.54) is 11.1 Å². The highest BCUT2D eigenvalue weighted by Crippen LogP contribution is 2.26. The van der Waals surface area contributed by atoms with Crippen LogP contribution in [0.4, 0.5) is 0 Å². The van der Waals surface area contributed by atoms with Crippen LogP contribution in [0, 0.1) is 5.92 Å². The first-order valence-electron chi connectivity index (χ1n) is 6.14. The van der Waals surface area contributed by atoms with Gasteiger partial charge in [-0.3, -0.25) is 0 Å². The molecule has 1 aliphatic rings. The van der Waals surface area contributed by atoms with Gasteiger partial charge >= 0.3 is 5.97 Å². The van der Waals surface area contributed by atoms with Gasteiger partial charge in [-0.2, -0.15) is 0 Å². The second-order valence-corrected chi connectivity index (χ2v) is 4.50. The summed E-state index contributed by atoms with van der Waals surface area (Å²) >= 11 is 0. The van der Waals surface area contributed by atoms with Gasteiger partial charge in [0.15, 0.2) is 0 Å². The zero-order valence-corrected chi connectivity index (χ0v) is 10.1. The molecule has 0 aliphatic heterocycles. The zero-order chi connectivity index (χ0) is 12.3. The Bertz CT molecular complexity index is 412. The number of carbonyl (C=O) groups excluding carboxylic acids is 1. The van der Waals surface area contributed by atoms with E-state index in [-0.39, 0.29) is 12.6 Å². The van der Waals surface area contributed by atoms with Crippen LogP contribution in [-0.4, -0.2) is 24.3 Å². The van der Waals surface area contributed by atoms with Crippen molar-refractivity contribution in [3.8, 4) is 0 Å². The van der Waals surface area contributed by atoms with Gasteiger partial charge in [-0.1, -0.05) is 6.07 Å². The van der Waals surface area contributed by atoms with E-state index in [4.69, 9.17) is 4.74 Å². The Balaban J connectivity index is 2.21. The van der Waals surface area contributed by atoms with Crippen LogP contribution in [0.25, 0.3) is 0 Å². The summed E-state index contributed by atoms with van der Waals surface area (Å²) < 4.78 is 4.98. The Hall–Kier alpha value is -1.35. The molecule has 0 aromatic heterocycles. The summed E-state index contributed by atoms with van der Waals surface area (Å²) in [5.41, 5.74) is 3.09. The maximum atomic E-state index is 11.6. The summed E-state index contributed by atoms with van der Waals surface area (Å²) in [5.74, 6) is 0.0707. The van der Waals surface area contributed by atoms with E-state index in [2.05, 4.69) is 0 Å². The fraction of sp³-hybridized carbons (Fsp3) is 0.500. The van der Waals surface area contributed by atoms with Crippen molar-refractivity contribution < 1.29 is 14.6 Å². The van der Waals surface area contributed by atoms with Crippen LogP contribution in [0.2, 0.25) is 0 Å². The second-order valence-electron chi connectivity index (χ2n) is 4.50. The second kappa shape index (κ2) is 5.32. The maximum absolute atomic E-state index is 11.6. The van der Waals surface area contributed by atoms with Crippen LogP contribution < -0.4 is 0 Å². The minimum Gasteiger partial charge on any atom is -0.462 e. The molecule has 0 saturated carbocycles. The number of fused-ring (bicyclic) bond motifs is 1. The predicted octanol–water partition coefficient (Wildman–Crippen LogP) is 1.96. The van der Waals surface area contributed by atoms with Crippen LogP contribution in [0.1, 0.15) is 34.8 Å². The van der Waals surface area contributed by atoms with E-state index >= 15 is 0 Å². The number of hydrogen-bond donors (Lipinski definition) is 1. The van der Waals surface area contributed by atoms with Crippen LogP contribution >= 0.6 is 0 Å². The number of rotatable bonds is 3. The van der Waals surface area contributed by atoms with E-state index in [1.807, 2.05) is 18.2 Å². The van der Waals surface area contributed by atoms with Gasteiger partial charge in [0.1, 0.15) is 0 Å². The number of carbonyl (C=O) groups is 1. The minimum atomic E-state index is -0.263. The average molecular weight is 234 g/mol. The van der Waals surface area contributed by atoms with E-state index < -0.39 is 0 Å². The first-order chi connectivity index (χ1) is 8.24. The standard InChI is InChI=1S/C14H18O3/c1-2-17-14(16)12-6-5-11-4-3-10(9-15)7-13(11)8-12/h5-6,8,10,15H,2-4,7,9H2,1H3/t10-/m0/s1. The lowest BCUT2D eigenvalue weighted by atomic mass is 9.83. The number of hydrogen-bond acceptors (Lipinski definition) is 3. The molecule has 0 unspecified atom stereocenters. The Morgan fingerprint density at radius 3 is 3.00 bits per heavy atom. The third kappa shape index (κ3) is 2.67. The Kier molecular flexibility index (Phi) is 3.79. The lowest BCUT2D eigenvalue weighted by molar-refractivity contribution is 0.0526. The summed E-state index contributed by atoms with van der Waals surface area (Å²) in [6.07, 6.45) is 2.88. The Labute approximate surface area is 101 Å². The smallest absolute Gasteiger partial charge is 0.338 e.